The number of benzene rings is 2. The van der Waals surface area contributed by atoms with E-state index in [1.807, 2.05) is 56.3 Å². The molecule has 146 valence electrons. The van der Waals surface area contributed by atoms with Crippen LogP contribution in [-0.2, 0) is 4.79 Å². The smallest absolute Gasteiger partial charge is 0.255 e. The Morgan fingerprint density at radius 3 is 2.43 bits per heavy atom. The Bertz CT molecular complexity index is 938. The number of ether oxygens (including phenoxy) is 2. The number of nitrogens with one attached hydrogen (secondary N) is 3. The summed E-state index contributed by atoms with van der Waals surface area (Å²) in [5.74, 6) is 0.918. The molecule has 3 rings (SSSR count). The van der Waals surface area contributed by atoms with Crippen LogP contribution in [-0.4, -0.2) is 25.2 Å². The van der Waals surface area contributed by atoms with Crippen LogP contribution in [0.2, 0.25) is 0 Å². The number of hydrogen-bond donors (Lipinski definition) is 3. The van der Waals surface area contributed by atoms with Crippen molar-refractivity contribution in [3.8, 4) is 11.5 Å². The number of hydrogen-bond acceptors (Lipinski definition) is 4. The molecule has 0 spiro atoms. The van der Waals surface area contributed by atoms with Gasteiger partial charge in [0.2, 0.25) is 0 Å². The van der Waals surface area contributed by atoms with Gasteiger partial charge in [-0.05, 0) is 44.3 Å². The summed E-state index contributed by atoms with van der Waals surface area (Å²) in [5, 5.41) is 9.62. The molecule has 0 aromatic heterocycles. The van der Waals surface area contributed by atoms with Crippen molar-refractivity contribution in [1.82, 2.24) is 10.6 Å². The SMILES string of the molecule is COc1cccc([C@H]2NC(=S)NC(C)=C2C(=O)Nc2ccc(C)cc2)c1OC. The molecular formula is C21H23N3O3S. The second kappa shape index (κ2) is 8.31. The van der Waals surface area contributed by atoms with Crippen LogP contribution in [0.4, 0.5) is 5.69 Å². The van der Waals surface area contributed by atoms with Crippen LogP contribution in [0.15, 0.2) is 53.7 Å². The van der Waals surface area contributed by atoms with Crippen LogP contribution in [0, 0.1) is 6.92 Å². The third-order valence-electron chi connectivity index (χ3n) is 4.57. The van der Waals surface area contributed by atoms with Crippen molar-refractivity contribution in [1.29, 1.82) is 0 Å². The van der Waals surface area contributed by atoms with Gasteiger partial charge in [-0.1, -0.05) is 29.8 Å². The van der Waals surface area contributed by atoms with E-state index < -0.39 is 6.04 Å². The zero-order chi connectivity index (χ0) is 20.3. The van der Waals surface area contributed by atoms with Gasteiger partial charge in [-0.25, -0.2) is 0 Å². The number of methoxy groups -OCH3 is 2. The first-order chi connectivity index (χ1) is 13.4. The van der Waals surface area contributed by atoms with Crippen LogP contribution in [0.3, 0.4) is 0 Å². The summed E-state index contributed by atoms with van der Waals surface area (Å²) in [6.07, 6.45) is 0. The topological polar surface area (TPSA) is 71.6 Å². The predicted octanol–water partition coefficient (Wildman–Crippen LogP) is 3.44. The first-order valence-corrected chi connectivity index (χ1v) is 9.22. The van der Waals surface area contributed by atoms with Gasteiger partial charge < -0.3 is 25.4 Å². The molecule has 1 aliphatic heterocycles. The minimum atomic E-state index is -0.482. The number of carbonyl (C=O) groups is 1. The average molecular weight is 398 g/mol. The Labute approximate surface area is 169 Å². The summed E-state index contributed by atoms with van der Waals surface area (Å²) in [7, 11) is 3.15. The fraction of sp³-hybridized carbons (Fsp3) is 0.238. The lowest BCUT2D eigenvalue weighted by atomic mass is 9.93. The molecule has 0 fully saturated rings. The number of amides is 1. The molecule has 0 saturated carbocycles. The summed E-state index contributed by atoms with van der Waals surface area (Å²) in [6, 6.07) is 12.7. The molecule has 1 aliphatic rings. The predicted molar refractivity (Wildman–Crippen MR) is 114 cm³/mol. The van der Waals surface area contributed by atoms with E-state index in [0.717, 1.165) is 16.8 Å². The molecule has 1 heterocycles. The number of thiocarbonyl (C=S) groups is 1. The monoisotopic (exact) mass is 397 g/mol. The zero-order valence-corrected chi connectivity index (χ0v) is 17.1. The second-order valence-corrected chi connectivity index (χ2v) is 6.88. The first-order valence-electron chi connectivity index (χ1n) is 8.81. The Balaban J connectivity index is 2.02. The van der Waals surface area contributed by atoms with Crippen LogP contribution < -0.4 is 25.4 Å². The number of anilines is 1. The molecule has 0 radical (unpaired) electrons. The molecule has 28 heavy (non-hydrogen) atoms. The highest BCUT2D eigenvalue weighted by molar-refractivity contribution is 7.80. The Hall–Kier alpha value is -3.06. The van der Waals surface area contributed by atoms with Crippen LogP contribution in [0.25, 0.3) is 0 Å². The molecule has 6 nitrogen and oxygen atoms in total. The highest BCUT2D eigenvalue weighted by Gasteiger charge is 2.32. The summed E-state index contributed by atoms with van der Waals surface area (Å²) < 4.78 is 11.0. The fourth-order valence-corrected chi connectivity index (χ4v) is 3.47. The molecule has 0 aliphatic carbocycles. The van der Waals surface area contributed by atoms with Gasteiger partial charge in [0, 0.05) is 16.9 Å². The lowest BCUT2D eigenvalue weighted by Crippen LogP contribution is -2.45. The van der Waals surface area contributed by atoms with Crippen molar-refractivity contribution in [2.75, 3.05) is 19.5 Å². The van der Waals surface area contributed by atoms with E-state index in [0.29, 0.717) is 27.9 Å². The van der Waals surface area contributed by atoms with Gasteiger partial charge in [-0.15, -0.1) is 0 Å². The number of para-hydroxylation sites is 1. The quantitative estimate of drug-likeness (QED) is 0.672. The average Bonchev–Trinajstić information content (AvgIpc) is 2.68. The van der Waals surface area contributed by atoms with Crippen molar-refractivity contribution in [2.24, 2.45) is 0 Å². The van der Waals surface area contributed by atoms with Gasteiger partial charge in [0.15, 0.2) is 16.6 Å². The normalized spacial score (nSPS) is 16.1. The van der Waals surface area contributed by atoms with E-state index in [9.17, 15) is 4.79 Å². The second-order valence-electron chi connectivity index (χ2n) is 6.47. The number of carbonyl (C=O) groups excluding carboxylic acids is 1. The molecule has 0 bridgehead atoms. The van der Waals surface area contributed by atoms with Gasteiger partial charge in [-0.3, -0.25) is 4.79 Å². The Kier molecular flexibility index (Phi) is 5.84. The molecular weight excluding hydrogens is 374 g/mol. The van der Waals surface area contributed by atoms with Gasteiger partial charge >= 0.3 is 0 Å². The molecule has 0 unspecified atom stereocenters. The molecule has 3 N–H and O–H groups in total. The zero-order valence-electron chi connectivity index (χ0n) is 16.3. The van der Waals surface area contributed by atoms with E-state index in [-0.39, 0.29) is 5.91 Å². The summed E-state index contributed by atoms with van der Waals surface area (Å²) >= 11 is 5.32. The minimum Gasteiger partial charge on any atom is -0.493 e. The van der Waals surface area contributed by atoms with E-state index in [1.54, 1.807) is 14.2 Å². The number of rotatable bonds is 5. The van der Waals surface area contributed by atoms with E-state index in [1.165, 1.54) is 0 Å². The molecule has 2 aromatic carbocycles. The molecule has 2 aromatic rings. The maximum absolute atomic E-state index is 13.1. The van der Waals surface area contributed by atoms with Gasteiger partial charge in [0.1, 0.15) is 0 Å². The lowest BCUT2D eigenvalue weighted by molar-refractivity contribution is -0.113. The highest BCUT2D eigenvalue weighted by atomic mass is 32.1. The maximum Gasteiger partial charge on any atom is 0.255 e. The lowest BCUT2D eigenvalue weighted by Gasteiger charge is -2.31. The molecule has 1 amide bonds. The van der Waals surface area contributed by atoms with Gasteiger partial charge in [0.25, 0.3) is 5.91 Å². The van der Waals surface area contributed by atoms with Crippen molar-refractivity contribution < 1.29 is 14.3 Å². The van der Waals surface area contributed by atoms with E-state index in [2.05, 4.69) is 16.0 Å². The van der Waals surface area contributed by atoms with Crippen LogP contribution in [0.1, 0.15) is 24.1 Å². The highest BCUT2D eigenvalue weighted by Crippen LogP contribution is 2.39. The van der Waals surface area contributed by atoms with Gasteiger partial charge in [0.05, 0.1) is 25.8 Å². The first kappa shape index (κ1) is 19.7. The standard InChI is InChI=1S/C21H23N3O3S/c1-12-8-10-14(11-9-12)23-20(25)17-13(2)22-21(28)24-18(17)15-6-5-7-16(26-3)19(15)27-4/h5-11,18H,1-4H3,(H,23,25)(H2,22,24,28)/t18-/m1/s1. The summed E-state index contributed by atoms with van der Waals surface area (Å²) in [5.41, 5.74) is 3.82. The van der Waals surface area contributed by atoms with Crippen LogP contribution >= 0.6 is 12.2 Å². The molecule has 7 heteroatoms. The van der Waals surface area contributed by atoms with Crippen molar-refractivity contribution in [3.63, 3.8) is 0 Å². The molecule has 0 saturated heterocycles. The van der Waals surface area contributed by atoms with Crippen molar-refractivity contribution in [2.45, 2.75) is 19.9 Å². The molecule has 1 atom stereocenters. The third kappa shape index (κ3) is 3.94. The largest absolute Gasteiger partial charge is 0.493 e. The van der Waals surface area contributed by atoms with Crippen molar-refractivity contribution in [3.05, 3.63) is 64.9 Å². The number of aryl methyl sites for hydroxylation is 1. The maximum atomic E-state index is 13.1. The Morgan fingerprint density at radius 2 is 1.79 bits per heavy atom. The van der Waals surface area contributed by atoms with Crippen LogP contribution in [0.5, 0.6) is 11.5 Å². The fourth-order valence-electron chi connectivity index (χ4n) is 3.20. The van der Waals surface area contributed by atoms with Crippen molar-refractivity contribution >= 4 is 28.9 Å². The van der Waals surface area contributed by atoms with Gasteiger partial charge in [-0.2, -0.15) is 0 Å². The third-order valence-corrected chi connectivity index (χ3v) is 4.79. The summed E-state index contributed by atoms with van der Waals surface area (Å²) in [4.78, 5) is 13.1. The summed E-state index contributed by atoms with van der Waals surface area (Å²) in [6.45, 7) is 3.83. The number of allylic oxidation sites excluding steroid dienone is 1. The van der Waals surface area contributed by atoms with E-state index >= 15 is 0 Å². The minimum absolute atomic E-state index is 0.223. The van der Waals surface area contributed by atoms with E-state index in [4.69, 9.17) is 21.7 Å². The Morgan fingerprint density at radius 1 is 1.07 bits per heavy atom.